The maximum atomic E-state index is 4.18. The number of para-hydroxylation sites is 4. The van der Waals surface area contributed by atoms with Gasteiger partial charge in [-0.25, -0.2) is 15.0 Å². The number of imidazole rings is 2. The smallest absolute Gasteiger partial charge is 0.162 e. The molecule has 0 radical (unpaired) electrons. The fourth-order valence-electron chi connectivity index (χ4n) is 5.62. The standard InChI is InChI=1S/C9H9N.2C8H8N2.C5H6N2.C5H7N.2C4H6N2.2C3H5N3.C2H4N4/c1-10-7-6-8-4-2-3-5-9(8)10;1-10-6-9-7-4-2-3-5-8(7)10;1-10-8-5-3-2-4-7(8)6-9-10;1-5-3-2-4-6-7-5;1-6-4-2-3-5-6;1-6-3-2-5-4-6;1-6-4-2-3-5-6;1-6-2-4-5-3-6;1-6-3-4-2-5-6;1-6-4-2-3-5-6/h2-7H,1H3;2*2-6H,1H3;2-4H,1H3;2-5H,1H3;2*2-4H,1H3;2*2-3H,1H3;2H,1H3. The second-order valence-corrected chi connectivity index (χ2v) is 15.4. The van der Waals surface area contributed by atoms with Crippen molar-refractivity contribution in [3.8, 4) is 0 Å². The lowest BCUT2D eigenvalue weighted by Crippen LogP contribution is -1.90. The Hall–Kier alpha value is -9.73. The third kappa shape index (κ3) is 22.5. The Bertz CT molecular complexity index is 2860. The van der Waals surface area contributed by atoms with Crippen LogP contribution >= 0.6 is 0 Å². The summed E-state index contributed by atoms with van der Waals surface area (Å²) in [7, 11) is 17.2. The summed E-state index contributed by atoms with van der Waals surface area (Å²) in [4.78, 5) is 13.0. The maximum absolute atomic E-state index is 4.18. The fraction of sp³-hybridized carbons (Fsp3) is 0.196. The number of benzene rings is 3. The van der Waals surface area contributed by atoms with Gasteiger partial charge in [0.1, 0.15) is 25.3 Å². The minimum atomic E-state index is 0.961. The highest BCUT2D eigenvalue weighted by molar-refractivity contribution is 5.80. The summed E-state index contributed by atoms with van der Waals surface area (Å²) in [5, 5.41) is 39.1. The molecule has 0 atom stereocenters. The Morgan fingerprint density at radius 1 is 0.397 bits per heavy atom. The van der Waals surface area contributed by atoms with Gasteiger partial charge in [-0.2, -0.15) is 30.3 Å². The van der Waals surface area contributed by atoms with E-state index in [1.165, 1.54) is 44.8 Å². The third-order valence-electron chi connectivity index (χ3n) is 9.33. The van der Waals surface area contributed by atoms with Crippen LogP contribution in [0.25, 0.3) is 32.8 Å². The molecule has 0 aliphatic carbocycles. The molecule has 73 heavy (non-hydrogen) atoms. The third-order valence-corrected chi connectivity index (χ3v) is 9.33. The highest BCUT2D eigenvalue weighted by Crippen LogP contribution is 2.13. The van der Waals surface area contributed by atoms with E-state index in [9.17, 15) is 0 Å². The van der Waals surface area contributed by atoms with Gasteiger partial charge >= 0.3 is 0 Å². The molecular formula is C51H64N22. The van der Waals surface area contributed by atoms with Crippen LogP contribution in [0, 0.1) is 6.92 Å². The van der Waals surface area contributed by atoms with Gasteiger partial charge < -0.3 is 22.8 Å². The zero-order valence-electron chi connectivity index (χ0n) is 43.0. The largest absolute Gasteiger partial charge is 0.357 e. The Morgan fingerprint density at radius 2 is 1.10 bits per heavy atom. The first kappa shape index (κ1) is 55.9. The van der Waals surface area contributed by atoms with Crippen molar-refractivity contribution in [2.45, 2.75) is 6.92 Å². The van der Waals surface area contributed by atoms with Crippen LogP contribution in [0.4, 0.5) is 0 Å². The lowest BCUT2D eigenvalue weighted by Gasteiger charge is -1.92. The lowest BCUT2D eigenvalue weighted by molar-refractivity contribution is 0.630. The highest BCUT2D eigenvalue weighted by atomic mass is 15.6. The number of aromatic nitrogens is 22. The van der Waals surface area contributed by atoms with E-state index in [0.29, 0.717) is 0 Å². The van der Waals surface area contributed by atoms with Crippen molar-refractivity contribution in [2.24, 2.45) is 63.4 Å². The fourth-order valence-corrected chi connectivity index (χ4v) is 5.62. The molecule has 13 rings (SSSR count). The first-order valence-electron chi connectivity index (χ1n) is 22.5. The van der Waals surface area contributed by atoms with E-state index in [-0.39, 0.29) is 0 Å². The van der Waals surface area contributed by atoms with E-state index in [2.05, 4.69) is 132 Å². The van der Waals surface area contributed by atoms with Gasteiger partial charge in [-0.05, 0) is 78.2 Å². The average molecular weight is 985 g/mol. The van der Waals surface area contributed by atoms with Gasteiger partial charge in [-0.3, -0.25) is 14.0 Å². The molecule has 0 aliphatic heterocycles. The van der Waals surface area contributed by atoms with Gasteiger partial charge in [0.15, 0.2) is 6.33 Å². The van der Waals surface area contributed by atoms with Gasteiger partial charge in [0.2, 0.25) is 0 Å². The van der Waals surface area contributed by atoms with E-state index in [1.54, 1.807) is 64.9 Å². The molecule has 0 bridgehead atoms. The first-order chi connectivity index (χ1) is 35.4. The molecule has 13 aromatic rings. The van der Waals surface area contributed by atoms with Gasteiger partial charge in [0.05, 0.1) is 48.1 Å². The van der Waals surface area contributed by atoms with E-state index >= 15 is 0 Å². The van der Waals surface area contributed by atoms with Crippen LogP contribution in [0.5, 0.6) is 0 Å². The second-order valence-electron chi connectivity index (χ2n) is 15.4. The Labute approximate surface area is 424 Å². The Kier molecular flexibility index (Phi) is 24.6. The second kappa shape index (κ2) is 32.2. The number of tetrazole rings is 1. The summed E-state index contributed by atoms with van der Waals surface area (Å²) < 4.78 is 15.1. The van der Waals surface area contributed by atoms with Crippen LogP contribution in [0.15, 0.2) is 209 Å². The van der Waals surface area contributed by atoms with Gasteiger partial charge in [0, 0.05) is 117 Å². The molecule has 0 unspecified atom stereocenters. The number of hydrogen-bond acceptors (Lipinski definition) is 13. The van der Waals surface area contributed by atoms with E-state index < -0.39 is 0 Å². The predicted molar refractivity (Wildman–Crippen MR) is 284 cm³/mol. The molecule has 3 aromatic carbocycles. The van der Waals surface area contributed by atoms with Gasteiger partial charge in [-0.1, -0.05) is 48.5 Å². The molecule has 0 fully saturated rings. The quantitative estimate of drug-likeness (QED) is 0.153. The predicted octanol–water partition coefficient (Wildman–Crippen LogP) is 6.82. The molecule has 10 heterocycles. The summed E-state index contributed by atoms with van der Waals surface area (Å²) in [5.41, 5.74) is 5.68. The van der Waals surface area contributed by atoms with E-state index in [4.69, 9.17) is 0 Å². The van der Waals surface area contributed by atoms with Crippen molar-refractivity contribution in [3.63, 3.8) is 0 Å². The van der Waals surface area contributed by atoms with E-state index in [1.807, 2.05) is 173 Å². The number of fused-ring (bicyclic) bond motifs is 3. The molecule has 0 saturated heterocycles. The zero-order valence-corrected chi connectivity index (χ0v) is 43.0. The van der Waals surface area contributed by atoms with Gasteiger partial charge in [0.25, 0.3) is 0 Å². The van der Waals surface area contributed by atoms with Crippen molar-refractivity contribution < 1.29 is 0 Å². The topological polar surface area (TPSA) is 212 Å². The summed E-state index contributed by atoms with van der Waals surface area (Å²) >= 11 is 0. The number of hydrogen-bond donors (Lipinski definition) is 0. The van der Waals surface area contributed by atoms with Crippen LogP contribution in [0.3, 0.4) is 0 Å². The van der Waals surface area contributed by atoms with Gasteiger partial charge in [-0.15, -0.1) is 20.4 Å². The summed E-state index contributed by atoms with van der Waals surface area (Å²) in [5.74, 6) is 0. The molecule has 10 aromatic heterocycles. The van der Waals surface area contributed by atoms with Crippen LogP contribution in [0.2, 0.25) is 0 Å². The number of nitrogens with zero attached hydrogens (tertiary/aromatic N) is 22. The number of rotatable bonds is 0. The van der Waals surface area contributed by atoms with Crippen molar-refractivity contribution in [1.82, 2.24) is 108 Å². The summed E-state index contributed by atoms with van der Waals surface area (Å²) in [6.07, 6.45) is 28.3. The molecule has 22 nitrogen and oxygen atoms in total. The first-order valence-corrected chi connectivity index (χ1v) is 22.5. The molecule has 0 spiro atoms. The van der Waals surface area contributed by atoms with E-state index in [0.717, 1.165) is 11.2 Å². The summed E-state index contributed by atoms with van der Waals surface area (Å²) in [6.45, 7) is 1.91. The minimum Gasteiger partial charge on any atom is -0.357 e. The van der Waals surface area contributed by atoms with Crippen molar-refractivity contribution in [3.05, 3.63) is 215 Å². The highest BCUT2D eigenvalue weighted by Gasteiger charge is 1.95. The maximum Gasteiger partial charge on any atom is 0.162 e. The van der Waals surface area contributed by atoms with Crippen molar-refractivity contribution in [1.29, 1.82) is 0 Å². The van der Waals surface area contributed by atoms with Crippen LogP contribution in [0.1, 0.15) is 5.69 Å². The van der Waals surface area contributed by atoms with Crippen molar-refractivity contribution in [2.75, 3.05) is 0 Å². The zero-order chi connectivity index (χ0) is 52.5. The SMILES string of the molecule is Cc1cccnn1.Cn1ccc2ccccc21.Cn1cccc1.Cn1cccn1.Cn1ccnc1.Cn1cnc2ccccc21.Cn1cncn1.Cn1cnnc1.Cn1ncc2ccccc21.Cn1ncnn1. The van der Waals surface area contributed by atoms with Crippen LogP contribution < -0.4 is 0 Å². The monoisotopic (exact) mass is 985 g/mol. The van der Waals surface area contributed by atoms with Crippen molar-refractivity contribution >= 4 is 32.8 Å². The van der Waals surface area contributed by atoms with Crippen LogP contribution in [-0.4, -0.2) is 108 Å². The number of aryl methyl sites for hydroxylation is 10. The average Bonchev–Trinajstić information content (AvgIpc) is 4.25. The molecule has 22 heteroatoms. The van der Waals surface area contributed by atoms with Crippen LogP contribution in [-0.2, 0) is 63.4 Å². The lowest BCUT2D eigenvalue weighted by atomic mass is 10.2. The molecule has 0 N–H and O–H groups in total. The molecular weight excluding hydrogens is 921 g/mol. The summed E-state index contributed by atoms with van der Waals surface area (Å²) in [6, 6.07) is 36.4. The Balaban J connectivity index is 0.000000177. The Morgan fingerprint density at radius 3 is 1.49 bits per heavy atom. The molecule has 378 valence electrons. The minimum absolute atomic E-state index is 0.961. The molecule has 0 saturated carbocycles. The molecule has 0 aliphatic rings. The normalized spacial score (nSPS) is 9.51. The molecule has 0 amide bonds.